The first kappa shape index (κ1) is 20.5. The summed E-state index contributed by atoms with van der Waals surface area (Å²) in [7, 11) is 0. The molecule has 1 rings (SSSR count). The average molecular weight is 325 g/mol. The maximum absolute atomic E-state index is 4.10. The highest BCUT2D eigenvalue weighted by molar-refractivity contribution is 5.37. The zero-order chi connectivity index (χ0) is 18.3. The van der Waals surface area contributed by atoms with Crippen molar-refractivity contribution in [2.75, 3.05) is 0 Å². The SMILES string of the molecule is C=C(/C=C(C)/C=C/C=C(C)/C=C/C1=C(C)CCCC1(C)C)C(C)C. The summed E-state index contributed by atoms with van der Waals surface area (Å²) < 4.78 is 0. The quantitative estimate of drug-likeness (QED) is 0.438. The van der Waals surface area contributed by atoms with Crippen LogP contribution in [0.1, 0.15) is 67.7 Å². The third-order valence-electron chi connectivity index (χ3n) is 4.93. The molecule has 24 heavy (non-hydrogen) atoms. The van der Waals surface area contributed by atoms with Crippen molar-refractivity contribution in [3.05, 3.63) is 70.9 Å². The van der Waals surface area contributed by atoms with Gasteiger partial charge in [0.1, 0.15) is 0 Å². The maximum Gasteiger partial charge on any atom is -0.0104 e. The highest BCUT2D eigenvalue weighted by atomic mass is 14.3. The van der Waals surface area contributed by atoms with Crippen LogP contribution in [0, 0.1) is 11.3 Å². The minimum atomic E-state index is 0.311. The second-order valence-corrected chi connectivity index (χ2v) is 8.15. The third kappa shape index (κ3) is 6.51. The van der Waals surface area contributed by atoms with Crippen LogP contribution in [0.4, 0.5) is 0 Å². The second-order valence-electron chi connectivity index (χ2n) is 8.15. The Bertz CT molecular complexity index is 598. The fraction of sp³-hybridized carbons (Fsp3) is 0.500. The molecule has 0 aromatic heterocycles. The van der Waals surface area contributed by atoms with Crippen molar-refractivity contribution in [3.63, 3.8) is 0 Å². The topological polar surface area (TPSA) is 0 Å². The van der Waals surface area contributed by atoms with Gasteiger partial charge in [0.2, 0.25) is 0 Å². The Hall–Kier alpha value is -1.56. The molecule has 0 unspecified atom stereocenters. The predicted octanol–water partition coefficient (Wildman–Crippen LogP) is 7.73. The van der Waals surface area contributed by atoms with Gasteiger partial charge < -0.3 is 0 Å². The zero-order valence-corrected chi connectivity index (χ0v) is 16.9. The number of allylic oxidation sites excluding steroid dienone is 11. The van der Waals surface area contributed by atoms with E-state index in [0.29, 0.717) is 11.3 Å². The summed E-state index contributed by atoms with van der Waals surface area (Å²) in [4.78, 5) is 0. The van der Waals surface area contributed by atoms with Crippen LogP contribution in [-0.4, -0.2) is 0 Å². The first-order valence-corrected chi connectivity index (χ1v) is 9.24. The van der Waals surface area contributed by atoms with Gasteiger partial charge in [0.15, 0.2) is 0 Å². The monoisotopic (exact) mass is 324 g/mol. The minimum absolute atomic E-state index is 0.311. The molecular weight excluding hydrogens is 288 g/mol. The number of rotatable bonds is 6. The van der Waals surface area contributed by atoms with Crippen molar-refractivity contribution in [3.8, 4) is 0 Å². The Morgan fingerprint density at radius 1 is 1.12 bits per heavy atom. The zero-order valence-electron chi connectivity index (χ0n) is 16.9. The van der Waals surface area contributed by atoms with Gasteiger partial charge in [0.05, 0.1) is 0 Å². The second kappa shape index (κ2) is 9.06. The van der Waals surface area contributed by atoms with E-state index in [2.05, 4.69) is 91.5 Å². The first-order chi connectivity index (χ1) is 11.1. The van der Waals surface area contributed by atoms with Crippen LogP contribution >= 0.6 is 0 Å². The fourth-order valence-electron chi connectivity index (χ4n) is 3.14. The Morgan fingerprint density at radius 2 is 1.79 bits per heavy atom. The molecule has 0 saturated heterocycles. The highest BCUT2D eigenvalue weighted by Gasteiger charge is 2.26. The van der Waals surface area contributed by atoms with E-state index in [1.54, 1.807) is 5.57 Å². The van der Waals surface area contributed by atoms with Gasteiger partial charge in [-0.2, -0.15) is 0 Å². The van der Waals surface area contributed by atoms with E-state index in [0.717, 1.165) is 0 Å². The first-order valence-electron chi connectivity index (χ1n) is 9.24. The van der Waals surface area contributed by atoms with Crippen molar-refractivity contribution in [2.45, 2.75) is 67.7 Å². The van der Waals surface area contributed by atoms with Gasteiger partial charge in [-0.25, -0.2) is 0 Å². The highest BCUT2D eigenvalue weighted by Crippen LogP contribution is 2.40. The molecular formula is C24H36. The number of hydrogen-bond donors (Lipinski definition) is 0. The Balaban J connectivity index is 2.77. The molecule has 0 bridgehead atoms. The van der Waals surface area contributed by atoms with Gasteiger partial charge in [-0.3, -0.25) is 0 Å². The predicted molar refractivity (Wildman–Crippen MR) is 110 cm³/mol. The number of hydrogen-bond acceptors (Lipinski definition) is 0. The van der Waals surface area contributed by atoms with Crippen molar-refractivity contribution in [1.29, 1.82) is 0 Å². The molecule has 0 heterocycles. The smallest absolute Gasteiger partial charge is 0.0104 e. The molecule has 0 nitrogen and oxygen atoms in total. The maximum atomic E-state index is 4.10. The van der Waals surface area contributed by atoms with Gasteiger partial charge in [-0.1, -0.05) is 93.0 Å². The molecule has 0 aromatic carbocycles. The lowest BCUT2D eigenvalue weighted by molar-refractivity contribution is 0.377. The summed E-state index contributed by atoms with van der Waals surface area (Å²) in [5.41, 5.74) is 7.09. The van der Waals surface area contributed by atoms with Crippen molar-refractivity contribution in [1.82, 2.24) is 0 Å². The molecule has 0 spiro atoms. The van der Waals surface area contributed by atoms with Gasteiger partial charge in [-0.15, -0.1) is 0 Å². The van der Waals surface area contributed by atoms with E-state index < -0.39 is 0 Å². The summed E-state index contributed by atoms with van der Waals surface area (Å²) in [5, 5.41) is 0. The molecule has 0 atom stereocenters. The van der Waals surface area contributed by atoms with E-state index in [4.69, 9.17) is 0 Å². The van der Waals surface area contributed by atoms with E-state index >= 15 is 0 Å². The van der Waals surface area contributed by atoms with Crippen LogP contribution in [0.5, 0.6) is 0 Å². The molecule has 0 N–H and O–H groups in total. The van der Waals surface area contributed by atoms with Gasteiger partial charge in [-0.05, 0) is 56.9 Å². The van der Waals surface area contributed by atoms with Crippen LogP contribution in [0.3, 0.4) is 0 Å². The molecule has 0 saturated carbocycles. The van der Waals surface area contributed by atoms with E-state index in [-0.39, 0.29) is 0 Å². The largest absolute Gasteiger partial charge is 0.0956 e. The van der Waals surface area contributed by atoms with E-state index in [1.165, 1.54) is 41.6 Å². The molecule has 0 radical (unpaired) electrons. The van der Waals surface area contributed by atoms with Crippen LogP contribution in [-0.2, 0) is 0 Å². The van der Waals surface area contributed by atoms with Crippen LogP contribution < -0.4 is 0 Å². The van der Waals surface area contributed by atoms with Gasteiger partial charge in [0.25, 0.3) is 0 Å². The summed E-state index contributed by atoms with van der Waals surface area (Å²) in [6, 6.07) is 0. The van der Waals surface area contributed by atoms with Gasteiger partial charge in [0, 0.05) is 0 Å². The molecule has 132 valence electrons. The summed E-state index contributed by atoms with van der Waals surface area (Å²) in [6.07, 6.45) is 17.1. The molecule has 0 amide bonds. The standard InChI is InChI=1S/C24H36/c1-18(2)22(6)17-20(4)12-9-11-19(3)14-15-23-21(5)13-10-16-24(23,7)8/h9,11-12,14-15,17-18H,6,10,13,16H2,1-5,7-8H3/b12-9+,15-14+,19-11+,20-17+. The summed E-state index contributed by atoms with van der Waals surface area (Å²) in [6.45, 7) is 19.8. The molecule has 0 fully saturated rings. The summed E-state index contributed by atoms with van der Waals surface area (Å²) >= 11 is 0. The lowest BCUT2D eigenvalue weighted by Crippen LogP contribution is -2.19. The molecule has 1 aliphatic rings. The minimum Gasteiger partial charge on any atom is -0.0956 e. The van der Waals surface area contributed by atoms with Crippen molar-refractivity contribution in [2.24, 2.45) is 11.3 Å². The lowest BCUT2D eigenvalue weighted by atomic mass is 9.72. The normalized spacial score (nSPS) is 19.8. The Labute approximate surface area is 150 Å². The molecule has 0 aromatic rings. The summed E-state index contributed by atoms with van der Waals surface area (Å²) in [5.74, 6) is 0.504. The fourth-order valence-corrected chi connectivity index (χ4v) is 3.14. The van der Waals surface area contributed by atoms with Crippen molar-refractivity contribution < 1.29 is 0 Å². The van der Waals surface area contributed by atoms with Crippen LogP contribution in [0.2, 0.25) is 0 Å². The molecule has 1 aliphatic carbocycles. The molecule has 0 aliphatic heterocycles. The Morgan fingerprint density at radius 3 is 2.38 bits per heavy atom. The lowest BCUT2D eigenvalue weighted by Gasteiger charge is -2.32. The Kier molecular flexibility index (Phi) is 7.73. The van der Waals surface area contributed by atoms with Crippen LogP contribution in [0.25, 0.3) is 0 Å². The van der Waals surface area contributed by atoms with Crippen LogP contribution in [0.15, 0.2) is 70.9 Å². The van der Waals surface area contributed by atoms with Crippen molar-refractivity contribution >= 4 is 0 Å². The third-order valence-corrected chi connectivity index (χ3v) is 4.93. The van der Waals surface area contributed by atoms with Gasteiger partial charge >= 0.3 is 0 Å². The molecule has 0 heteroatoms. The average Bonchev–Trinajstić information content (AvgIpc) is 2.45. The van der Waals surface area contributed by atoms with E-state index in [1.807, 2.05) is 0 Å². The van der Waals surface area contributed by atoms with E-state index in [9.17, 15) is 0 Å².